The molecule has 0 aliphatic carbocycles. The van der Waals surface area contributed by atoms with Crippen LogP contribution in [0.25, 0.3) is 6.08 Å². The van der Waals surface area contributed by atoms with Crippen molar-refractivity contribution in [1.29, 1.82) is 0 Å². The molecule has 0 spiro atoms. The number of ketones is 1. The zero-order valence-electron chi connectivity index (χ0n) is 12.0. The molecule has 2 aromatic rings. The predicted molar refractivity (Wildman–Crippen MR) is 92.2 cm³/mol. The summed E-state index contributed by atoms with van der Waals surface area (Å²) in [7, 11) is 1.56. The van der Waals surface area contributed by atoms with E-state index in [0.29, 0.717) is 5.75 Å². The summed E-state index contributed by atoms with van der Waals surface area (Å²) in [6, 6.07) is 9.31. The number of nitro groups is 1. The molecule has 23 heavy (non-hydrogen) atoms. The van der Waals surface area contributed by atoms with Crippen LogP contribution in [0.2, 0.25) is 5.02 Å². The number of methoxy groups -OCH3 is 1. The number of hydrogen-bond donors (Lipinski definition) is 0. The van der Waals surface area contributed by atoms with E-state index in [2.05, 4.69) is 15.9 Å². The number of rotatable bonds is 5. The van der Waals surface area contributed by atoms with Gasteiger partial charge < -0.3 is 4.74 Å². The van der Waals surface area contributed by atoms with Gasteiger partial charge in [0.05, 0.1) is 16.5 Å². The van der Waals surface area contributed by atoms with Crippen molar-refractivity contribution >= 4 is 45.1 Å². The molecule has 0 radical (unpaired) electrons. The molecule has 0 N–H and O–H groups in total. The number of benzene rings is 2. The minimum Gasteiger partial charge on any atom is -0.496 e. The summed E-state index contributed by atoms with van der Waals surface area (Å²) in [5.41, 5.74) is 0.692. The third kappa shape index (κ3) is 4.18. The van der Waals surface area contributed by atoms with Gasteiger partial charge in [-0.15, -0.1) is 0 Å². The highest BCUT2D eigenvalue weighted by molar-refractivity contribution is 9.10. The lowest BCUT2D eigenvalue weighted by Gasteiger charge is -2.03. The monoisotopic (exact) mass is 395 g/mol. The molecule has 0 fully saturated rings. The van der Waals surface area contributed by atoms with E-state index in [0.717, 1.165) is 10.0 Å². The van der Waals surface area contributed by atoms with E-state index in [1.807, 2.05) is 0 Å². The van der Waals surface area contributed by atoms with E-state index in [4.69, 9.17) is 16.3 Å². The molecule has 7 heteroatoms. The van der Waals surface area contributed by atoms with E-state index in [-0.39, 0.29) is 22.1 Å². The first-order valence-electron chi connectivity index (χ1n) is 6.42. The maximum absolute atomic E-state index is 12.1. The predicted octanol–water partition coefficient (Wildman–Crippen LogP) is 4.92. The van der Waals surface area contributed by atoms with Crippen LogP contribution in [0.4, 0.5) is 5.69 Å². The van der Waals surface area contributed by atoms with Crippen LogP contribution >= 0.6 is 27.5 Å². The van der Waals surface area contributed by atoms with Crippen LogP contribution in [0.5, 0.6) is 5.75 Å². The molecule has 0 unspecified atom stereocenters. The SMILES string of the molecule is COc1ccc(/C=C/C(=O)c2ccc(Cl)c([N+](=O)[O-])c2)cc1Br. The van der Waals surface area contributed by atoms with Gasteiger partial charge >= 0.3 is 0 Å². The molecule has 0 bridgehead atoms. The summed E-state index contributed by atoms with van der Waals surface area (Å²) in [5, 5.41) is 10.8. The molecular formula is C16H11BrClNO4. The van der Waals surface area contributed by atoms with Crippen molar-refractivity contribution < 1.29 is 14.5 Å². The topological polar surface area (TPSA) is 69.4 Å². The van der Waals surface area contributed by atoms with Crippen LogP contribution in [0, 0.1) is 10.1 Å². The van der Waals surface area contributed by atoms with Crippen molar-refractivity contribution in [1.82, 2.24) is 0 Å². The van der Waals surface area contributed by atoms with E-state index in [1.54, 1.807) is 31.4 Å². The van der Waals surface area contributed by atoms with Crippen molar-refractivity contribution in [2.24, 2.45) is 0 Å². The molecule has 5 nitrogen and oxygen atoms in total. The zero-order chi connectivity index (χ0) is 17.0. The smallest absolute Gasteiger partial charge is 0.288 e. The van der Waals surface area contributed by atoms with E-state index in [9.17, 15) is 14.9 Å². The van der Waals surface area contributed by atoms with Crippen LogP contribution < -0.4 is 4.74 Å². The summed E-state index contributed by atoms with van der Waals surface area (Å²) >= 11 is 9.09. The lowest BCUT2D eigenvalue weighted by Crippen LogP contribution is -1.97. The summed E-state index contributed by atoms with van der Waals surface area (Å²) in [6.07, 6.45) is 2.97. The lowest BCUT2D eigenvalue weighted by atomic mass is 10.1. The van der Waals surface area contributed by atoms with Crippen LogP contribution in [0.15, 0.2) is 46.9 Å². The number of nitrogens with zero attached hydrogens (tertiary/aromatic N) is 1. The Morgan fingerprint density at radius 2 is 2.04 bits per heavy atom. The molecule has 0 heterocycles. The Bertz CT molecular complexity index is 805. The Kier molecular flexibility index (Phi) is 5.52. The standard InChI is InChI=1S/C16H11BrClNO4/c1-23-16-7-3-10(8-12(16)17)2-6-15(20)11-4-5-13(18)14(9-11)19(21)22/h2-9H,1H3/b6-2+. The molecule has 0 atom stereocenters. The second kappa shape index (κ2) is 7.39. The average Bonchev–Trinajstić information content (AvgIpc) is 2.52. The highest BCUT2D eigenvalue weighted by atomic mass is 79.9. The molecule has 2 rings (SSSR count). The molecule has 0 aromatic heterocycles. The minimum atomic E-state index is -0.622. The quantitative estimate of drug-likeness (QED) is 0.311. The largest absolute Gasteiger partial charge is 0.496 e. The molecule has 0 amide bonds. The Morgan fingerprint density at radius 1 is 1.30 bits per heavy atom. The summed E-state index contributed by atoms with van der Waals surface area (Å²) in [5.74, 6) is 0.332. The number of halogens is 2. The number of nitro benzene ring substituents is 1. The first kappa shape index (κ1) is 17.2. The fraction of sp³-hybridized carbons (Fsp3) is 0.0625. The van der Waals surface area contributed by atoms with Gasteiger partial charge in [-0.1, -0.05) is 23.7 Å². The van der Waals surface area contributed by atoms with Gasteiger partial charge in [0, 0.05) is 11.6 Å². The van der Waals surface area contributed by atoms with Gasteiger partial charge in [0.25, 0.3) is 5.69 Å². The third-order valence-corrected chi connectivity index (χ3v) is 3.97. The zero-order valence-corrected chi connectivity index (χ0v) is 14.3. The van der Waals surface area contributed by atoms with Gasteiger partial charge in [0.2, 0.25) is 0 Å². The fourth-order valence-corrected chi connectivity index (χ4v) is 2.61. The highest BCUT2D eigenvalue weighted by Crippen LogP contribution is 2.27. The molecule has 0 aliphatic rings. The van der Waals surface area contributed by atoms with Gasteiger partial charge in [-0.25, -0.2) is 0 Å². The van der Waals surface area contributed by atoms with Crippen molar-refractivity contribution in [3.05, 3.63) is 73.2 Å². The van der Waals surface area contributed by atoms with E-state index in [1.165, 1.54) is 24.3 Å². The Morgan fingerprint density at radius 3 is 2.65 bits per heavy atom. The number of hydrogen-bond acceptors (Lipinski definition) is 4. The van der Waals surface area contributed by atoms with Crippen LogP contribution in [0.3, 0.4) is 0 Å². The molecule has 118 valence electrons. The third-order valence-electron chi connectivity index (χ3n) is 3.03. The van der Waals surface area contributed by atoms with E-state index < -0.39 is 4.92 Å². The van der Waals surface area contributed by atoms with Crippen LogP contribution in [0.1, 0.15) is 15.9 Å². The number of ether oxygens (including phenoxy) is 1. The van der Waals surface area contributed by atoms with Crippen molar-refractivity contribution in [2.75, 3.05) is 7.11 Å². The van der Waals surface area contributed by atoms with Gasteiger partial charge in [-0.2, -0.15) is 0 Å². The van der Waals surface area contributed by atoms with Crippen molar-refractivity contribution in [2.45, 2.75) is 0 Å². The fourth-order valence-electron chi connectivity index (χ4n) is 1.86. The number of carbonyl (C=O) groups is 1. The minimum absolute atomic E-state index is 0.00499. The Balaban J connectivity index is 2.23. The maximum Gasteiger partial charge on any atom is 0.288 e. The van der Waals surface area contributed by atoms with Crippen molar-refractivity contribution in [3.8, 4) is 5.75 Å². The molecule has 0 aliphatic heterocycles. The van der Waals surface area contributed by atoms with Crippen LogP contribution in [-0.4, -0.2) is 17.8 Å². The Labute approximate surface area is 145 Å². The lowest BCUT2D eigenvalue weighted by molar-refractivity contribution is -0.384. The molecule has 0 saturated heterocycles. The second-order valence-electron chi connectivity index (χ2n) is 4.51. The number of carbonyl (C=O) groups excluding carboxylic acids is 1. The average molecular weight is 397 g/mol. The summed E-state index contributed by atoms with van der Waals surface area (Å²) < 4.78 is 5.89. The van der Waals surface area contributed by atoms with Crippen LogP contribution in [-0.2, 0) is 0 Å². The first-order valence-corrected chi connectivity index (χ1v) is 7.59. The van der Waals surface area contributed by atoms with Gasteiger partial charge in [-0.3, -0.25) is 14.9 Å². The van der Waals surface area contributed by atoms with Gasteiger partial charge in [0.1, 0.15) is 10.8 Å². The molecule has 2 aromatic carbocycles. The molecular weight excluding hydrogens is 386 g/mol. The van der Waals surface area contributed by atoms with Crippen molar-refractivity contribution in [3.63, 3.8) is 0 Å². The normalized spacial score (nSPS) is 10.7. The van der Waals surface area contributed by atoms with Gasteiger partial charge in [-0.05, 0) is 51.8 Å². The molecule has 0 saturated carbocycles. The number of allylic oxidation sites excluding steroid dienone is 1. The maximum atomic E-state index is 12.1. The van der Waals surface area contributed by atoms with E-state index >= 15 is 0 Å². The second-order valence-corrected chi connectivity index (χ2v) is 5.78. The van der Waals surface area contributed by atoms with Gasteiger partial charge in [0.15, 0.2) is 5.78 Å². The highest BCUT2D eigenvalue weighted by Gasteiger charge is 2.15. The first-order chi connectivity index (χ1) is 10.9. The Hall–Kier alpha value is -2.18. The summed E-state index contributed by atoms with van der Waals surface area (Å²) in [6.45, 7) is 0. The summed E-state index contributed by atoms with van der Waals surface area (Å²) in [4.78, 5) is 22.4.